The highest BCUT2D eigenvalue weighted by molar-refractivity contribution is 6.38. The third-order valence-corrected chi connectivity index (χ3v) is 9.35. The number of carbonyl (C=O) groups excluding carboxylic acids is 6. The standard InChI is InChI=1S/C28H34ClN5O8/c1-33(2)20-12-7-10-8-13-21(34(3)4)24(38)17(27(30)41)26(40)28(13,42)25(39)15(10)22(36)16(12)23(37)19(18(20)29)32-14(35)9-31-11-5-6-11/h10-11,13,15,17,21,31,37,42H,5-9H2,1-4H3,(H2,30,41)(H,32,35)/t10?,13?,15?,17?,21-,28-/m0/s1. The average Bonchev–Trinajstić information content (AvgIpc) is 3.71. The smallest absolute Gasteiger partial charge is 0.238 e. The first-order valence-electron chi connectivity index (χ1n) is 13.7. The van der Waals surface area contributed by atoms with E-state index in [0.717, 1.165) is 12.8 Å². The molecule has 5 rings (SSSR count). The van der Waals surface area contributed by atoms with Crippen LogP contribution in [0.15, 0.2) is 0 Å². The fraction of sp³-hybridized carbons (Fsp3) is 0.571. The first kappa shape index (κ1) is 30.1. The number of likely N-dealkylation sites (N-methyl/N-ethyl adjacent to an activating group) is 1. The van der Waals surface area contributed by atoms with Gasteiger partial charge in [-0.25, -0.2) is 0 Å². The van der Waals surface area contributed by atoms with Gasteiger partial charge in [0.1, 0.15) is 5.69 Å². The number of nitrogens with two attached hydrogens (primary N) is 1. The highest BCUT2D eigenvalue weighted by Crippen LogP contribution is 2.54. The van der Waals surface area contributed by atoms with Crippen molar-refractivity contribution in [2.24, 2.45) is 29.4 Å². The largest absolute Gasteiger partial charge is 0.505 e. The third kappa shape index (κ3) is 4.41. The summed E-state index contributed by atoms with van der Waals surface area (Å²) in [6, 6.07) is -0.955. The number of nitrogens with zero attached hydrogens (tertiary/aromatic N) is 2. The molecule has 0 aromatic heterocycles. The Hall–Kier alpha value is -3.39. The molecule has 4 aliphatic carbocycles. The van der Waals surface area contributed by atoms with Crippen molar-refractivity contribution in [2.75, 3.05) is 45.0 Å². The Balaban J connectivity index is 1.61. The lowest BCUT2D eigenvalue weighted by Crippen LogP contribution is -2.74. The Morgan fingerprint density at radius 1 is 1.10 bits per heavy atom. The van der Waals surface area contributed by atoms with E-state index >= 15 is 0 Å². The molecule has 3 fully saturated rings. The quantitative estimate of drug-likeness (QED) is 0.194. The minimum Gasteiger partial charge on any atom is -0.505 e. The maximum atomic E-state index is 14.1. The van der Waals surface area contributed by atoms with Gasteiger partial charge in [0.2, 0.25) is 11.8 Å². The van der Waals surface area contributed by atoms with Gasteiger partial charge >= 0.3 is 0 Å². The molecule has 0 aliphatic heterocycles. The summed E-state index contributed by atoms with van der Waals surface area (Å²) in [5.41, 5.74) is 2.77. The zero-order chi connectivity index (χ0) is 31.0. The molecule has 226 valence electrons. The molecule has 13 nitrogen and oxygen atoms in total. The minimum atomic E-state index is -2.82. The van der Waals surface area contributed by atoms with Crippen LogP contribution in [0.3, 0.4) is 0 Å². The number of rotatable bonds is 7. The monoisotopic (exact) mass is 603 g/mol. The Kier molecular flexibility index (Phi) is 7.45. The molecular weight excluding hydrogens is 570 g/mol. The number of hydrogen-bond acceptors (Lipinski definition) is 11. The van der Waals surface area contributed by atoms with Gasteiger partial charge in [0.05, 0.1) is 34.8 Å². The maximum absolute atomic E-state index is 14.1. The third-order valence-electron chi connectivity index (χ3n) is 8.98. The van der Waals surface area contributed by atoms with Crippen LogP contribution in [-0.4, -0.2) is 102 Å². The van der Waals surface area contributed by atoms with Gasteiger partial charge in [0.15, 0.2) is 40.4 Å². The first-order chi connectivity index (χ1) is 19.6. The van der Waals surface area contributed by atoms with Crippen molar-refractivity contribution in [2.45, 2.75) is 43.4 Å². The van der Waals surface area contributed by atoms with Gasteiger partial charge in [-0.15, -0.1) is 0 Å². The lowest BCUT2D eigenvalue weighted by molar-refractivity contribution is -0.181. The van der Waals surface area contributed by atoms with Crippen molar-refractivity contribution < 1.29 is 39.0 Å². The van der Waals surface area contributed by atoms with Crippen LogP contribution in [0.5, 0.6) is 5.75 Å². The van der Waals surface area contributed by atoms with E-state index in [0.29, 0.717) is 11.3 Å². The molecule has 3 saturated carbocycles. The summed E-state index contributed by atoms with van der Waals surface area (Å²) in [6.45, 7) is -0.0464. The van der Waals surface area contributed by atoms with Crippen molar-refractivity contribution in [1.29, 1.82) is 0 Å². The number of nitrogens with one attached hydrogen (secondary N) is 2. The van der Waals surface area contributed by atoms with E-state index in [-0.39, 0.29) is 41.7 Å². The van der Waals surface area contributed by atoms with Crippen molar-refractivity contribution in [3.8, 4) is 5.75 Å². The number of ketones is 4. The highest BCUT2D eigenvalue weighted by atomic mass is 35.5. The molecule has 4 unspecified atom stereocenters. The first-order valence-corrected chi connectivity index (χ1v) is 14.1. The van der Waals surface area contributed by atoms with E-state index in [1.54, 1.807) is 19.0 Å². The lowest BCUT2D eigenvalue weighted by atomic mass is 9.52. The van der Waals surface area contributed by atoms with Crippen LogP contribution >= 0.6 is 11.6 Å². The average molecular weight is 604 g/mol. The number of halogens is 1. The van der Waals surface area contributed by atoms with E-state index in [2.05, 4.69) is 10.6 Å². The number of phenols is 1. The van der Waals surface area contributed by atoms with Crippen LogP contribution < -0.4 is 21.3 Å². The fourth-order valence-corrected chi connectivity index (χ4v) is 7.40. The molecule has 0 bridgehead atoms. The predicted molar refractivity (Wildman–Crippen MR) is 150 cm³/mol. The van der Waals surface area contributed by atoms with Gasteiger partial charge < -0.3 is 31.5 Å². The summed E-state index contributed by atoms with van der Waals surface area (Å²) < 4.78 is 0. The van der Waals surface area contributed by atoms with Gasteiger partial charge in [-0.3, -0.25) is 33.7 Å². The maximum Gasteiger partial charge on any atom is 0.238 e. The number of amides is 2. The second-order valence-corrected chi connectivity index (χ2v) is 12.5. The van der Waals surface area contributed by atoms with E-state index in [9.17, 15) is 39.0 Å². The number of aliphatic hydroxyl groups is 1. The van der Waals surface area contributed by atoms with Crippen molar-refractivity contribution in [3.63, 3.8) is 0 Å². The number of carbonyl (C=O) groups is 6. The van der Waals surface area contributed by atoms with E-state index in [4.69, 9.17) is 17.3 Å². The number of anilines is 2. The molecule has 6 N–H and O–H groups in total. The summed E-state index contributed by atoms with van der Waals surface area (Å²) in [7, 11) is 6.38. The summed E-state index contributed by atoms with van der Waals surface area (Å²) in [5, 5.41) is 28.7. The lowest BCUT2D eigenvalue weighted by Gasteiger charge is -2.52. The highest BCUT2D eigenvalue weighted by Gasteiger charge is 2.69. The summed E-state index contributed by atoms with van der Waals surface area (Å²) >= 11 is 6.70. The molecule has 14 heteroatoms. The molecule has 6 atom stereocenters. The van der Waals surface area contributed by atoms with Crippen LogP contribution in [0.2, 0.25) is 5.02 Å². The topological polar surface area (TPSA) is 199 Å². The van der Waals surface area contributed by atoms with Crippen molar-refractivity contribution in [1.82, 2.24) is 10.2 Å². The second-order valence-electron chi connectivity index (χ2n) is 12.1. The van der Waals surface area contributed by atoms with E-state index in [1.807, 2.05) is 0 Å². The summed E-state index contributed by atoms with van der Waals surface area (Å²) in [4.78, 5) is 82.7. The molecule has 1 aromatic carbocycles. The van der Waals surface area contributed by atoms with E-state index < -0.39 is 76.0 Å². The Labute approximate surface area is 246 Å². The molecule has 0 heterocycles. The fourth-order valence-electron chi connectivity index (χ4n) is 6.98. The minimum absolute atomic E-state index is 0.000553. The van der Waals surface area contributed by atoms with Gasteiger partial charge in [0, 0.05) is 26.1 Å². The number of benzene rings is 1. The van der Waals surface area contributed by atoms with Gasteiger partial charge in [0.25, 0.3) is 0 Å². The summed E-state index contributed by atoms with van der Waals surface area (Å²) in [6.07, 6.45) is 1.87. The molecule has 0 saturated heterocycles. The van der Waals surface area contributed by atoms with Crippen LogP contribution in [0.1, 0.15) is 35.2 Å². The van der Waals surface area contributed by atoms with Crippen LogP contribution in [-0.2, 0) is 30.4 Å². The molecule has 2 amide bonds. The molecule has 0 spiro atoms. The van der Waals surface area contributed by atoms with Crippen LogP contribution in [0.4, 0.5) is 11.4 Å². The van der Waals surface area contributed by atoms with Crippen molar-refractivity contribution >= 4 is 57.9 Å². The predicted octanol–water partition coefficient (Wildman–Crippen LogP) is -0.723. The Morgan fingerprint density at radius 3 is 2.29 bits per heavy atom. The number of aromatic hydroxyl groups is 1. The second kappa shape index (κ2) is 10.4. The molecule has 1 aromatic rings. The number of hydrogen-bond donors (Lipinski definition) is 5. The number of primary amides is 1. The normalized spacial score (nSPS) is 30.5. The van der Waals surface area contributed by atoms with Gasteiger partial charge in [-0.05, 0) is 51.3 Å². The Morgan fingerprint density at radius 2 is 1.74 bits per heavy atom. The zero-order valence-corrected chi connectivity index (χ0v) is 24.4. The summed E-state index contributed by atoms with van der Waals surface area (Å²) in [5.74, 6) is -12.2. The van der Waals surface area contributed by atoms with Crippen LogP contribution in [0, 0.1) is 23.7 Å². The molecular formula is C28H34ClN5O8. The zero-order valence-electron chi connectivity index (χ0n) is 23.7. The van der Waals surface area contributed by atoms with E-state index in [1.165, 1.54) is 19.0 Å². The van der Waals surface area contributed by atoms with Crippen LogP contribution in [0.25, 0.3) is 0 Å². The number of fused-ring (bicyclic) bond motifs is 3. The number of phenolic OH excluding ortho intramolecular Hbond substituents is 1. The Bertz CT molecular complexity index is 1440. The molecule has 42 heavy (non-hydrogen) atoms. The van der Waals surface area contributed by atoms with Gasteiger partial charge in [-0.1, -0.05) is 11.6 Å². The number of Topliss-reactive ketones (excluding diaryl/α,β-unsaturated/α-hetero) is 4. The molecule has 4 aliphatic rings. The van der Waals surface area contributed by atoms with Gasteiger partial charge in [-0.2, -0.15) is 0 Å². The van der Waals surface area contributed by atoms with Crippen molar-refractivity contribution in [3.05, 3.63) is 16.1 Å². The molecule has 0 radical (unpaired) electrons. The SMILES string of the molecule is CN(C)c1c(Cl)c(NC(=O)CNC2CC2)c(O)c2c1CC1CC3[C@H](N(C)C)C(=O)C(C(N)=O)C(=O)[C@@]3(O)C(=O)C1C2=O.